The predicted octanol–water partition coefficient (Wildman–Crippen LogP) is 11.2. The highest BCUT2D eigenvalue weighted by Crippen LogP contribution is 2.49. The number of benzene rings is 6. The molecule has 0 unspecified atom stereocenters. The van der Waals surface area contributed by atoms with E-state index in [2.05, 4.69) is 48.3 Å². The molecule has 9 nitrogen and oxygen atoms in total. The fourth-order valence-electron chi connectivity index (χ4n) is 9.28. The van der Waals surface area contributed by atoms with Crippen LogP contribution in [0.2, 0.25) is 0 Å². The topological polar surface area (TPSA) is 115 Å². The van der Waals surface area contributed by atoms with Gasteiger partial charge >= 0.3 is 11.7 Å². The first-order chi connectivity index (χ1) is 32.4. The lowest BCUT2D eigenvalue weighted by Gasteiger charge is -2.43. The van der Waals surface area contributed by atoms with Gasteiger partial charge in [-0.25, -0.2) is 4.79 Å². The third kappa shape index (κ3) is 10.1. The van der Waals surface area contributed by atoms with Crippen molar-refractivity contribution in [3.8, 4) is 0 Å². The molecule has 66 heavy (non-hydrogen) atoms. The van der Waals surface area contributed by atoms with E-state index in [-0.39, 0.29) is 24.8 Å². The highest BCUT2D eigenvalue weighted by atomic mass is 16.6. The molecular weight excluding hydrogens is 823 g/mol. The van der Waals surface area contributed by atoms with Crippen molar-refractivity contribution < 1.29 is 23.7 Å². The number of esters is 1. The van der Waals surface area contributed by atoms with Gasteiger partial charge in [-0.2, -0.15) is 4.98 Å². The number of anilines is 1. The summed E-state index contributed by atoms with van der Waals surface area (Å²) in [6.07, 6.45) is 5.20. The first-order valence-corrected chi connectivity index (χ1v) is 23.3. The number of hydrogen-bond acceptors (Lipinski definition) is 8. The summed E-state index contributed by atoms with van der Waals surface area (Å²) in [5.41, 5.74) is 7.99. The van der Waals surface area contributed by atoms with Gasteiger partial charge in [0.2, 0.25) is 0 Å². The highest BCUT2D eigenvalue weighted by molar-refractivity contribution is 5.69. The van der Waals surface area contributed by atoms with Gasteiger partial charge < -0.3 is 24.7 Å². The van der Waals surface area contributed by atoms with Gasteiger partial charge in [-0.3, -0.25) is 9.36 Å². The summed E-state index contributed by atoms with van der Waals surface area (Å²) in [5.74, 6) is -0.260. The van der Waals surface area contributed by atoms with Crippen LogP contribution in [-0.4, -0.2) is 40.4 Å². The molecule has 0 amide bonds. The first kappa shape index (κ1) is 45.9. The molecule has 2 heterocycles. The lowest BCUT2D eigenvalue weighted by atomic mass is 9.79. The van der Waals surface area contributed by atoms with Crippen molar-refractivity contribution in [2.75, 3.05) is 12.3 Å². The van der Waals surface area contributed by atoms with Gasteiger partial charge in [0, 0.05) is 12.6 Å². The Morgan fingerprint density at radius 1 is 0.561 bits per heavy atom. The van der Waals surface area contributed by atoms with Crippen molar-refractivity contribution in [1.82, 2.24) is 9.55 Å². The average Bonchev–Trinajstić information content (AvgIpc) is 3.70. The molecule has 338 valence electrons. The predicted molar refractivity (Wildman–Crippen MR) is 259 cm³/mol. The monoisotopic (exact) mass is 881 g/mol. The Morgan fingerprint density at radius 2 is 0.939 bits per heavy atom. The van der Waals surface area contributed by atoms with E-state index in [9.17, 15) is 9.59 Å². The lowest BCUT2D eigenvalue weighted by Crippen LogP contribution is -2.50. The molecule has 0 saturated carbocycles. The quantitative estimate of drug-likeness (QED) is 0.0431. The summed E-state index contributed by atoms with van der Waals surface area (Å²) in [4.78, 5) is 31.9. The number of nitrogens with zero attached hydrogens (tertiary/aromatic N) is 2. The van der Waals surface area contributed by atoms with Gasteiger partial charge in [0.15, 0.2) is 6.23 Å². The third-order valence-electron chi connectivity index (χ3n) is 12.5. The number of rotatable bonds is 21. The number of nitrogen functional groups attached to an aromatic ring is 1. The Labute approximate surface area is 388 Å². The fraction of sp³-hybridized carbons (Fsp3) is 0.281. The van der Waals surface area contributed by atoms with E-state index in [4.69, 9.17) is 24.7 Å². The minimum Gasteiger partial charge on any atom is -0.463 e. The smallest absolute Gasteiger partial charge is 0.351 e. The lowest BCUT2D eigenvalue weighted by molar-refractivity contribution is -0.161. The van der Waals surface area contributed by atoms with E-state index in [1.807, 2.05) is 146 Å². The number of carbonyl (C=O) groups is 1. The molecule has 9 heteroatoms. The summed E-state index contributed by atoms with van der Waals surface area (Å²) in [6.45, 7) is 2.04. The van der Waals surface area contributed by atoms with Gasteiger partial charge in [0.05, 0.1) is 0 Å². The highest BCUT2D eigenvalue weighted by Gasteiger charge is 2.56. The zero-order valence-electron chi connectivity index (χ0n) is 37.6. The fourth-order valence-corrected chi connectivity index (χ4v) is 9.28. The summed E-state index contributed by atoms with van der Waals surface area (Å²) < 4.78 is 30.5. The molecule has 0 spiro atoms. The summed E-state index contributed by atoms with van der Waals surface area (Å²) >= 11 is 0. The molecule has 1 aromatic heterocycles. The molecule has 1 saturated heterocycles. The molecule has 0 radical (unpaired) electrons. The zero-order chi connectivity index (χ0) is 45.6. The maximum absolute atomic E-state index is 14.1. The Bertz CT molecular complexity index is 2420. The van der Waals surface area contributed by atoms with Crippen LogP contribution in [0.1, 0.15) is 97.9 Å². The Kier molecular flexibility index (Phi) is 15.3. The minimum absolute atomic E-state index is 0.0683. The van der Waals surface area contributed by atoms with Gasteiger partial charge in [-0.05, 0) is 45.9 Å². The number of carbonyl (C=O) groups excluding carboxylic acids is 1. The van der Waals surface area contributed by atoms with E-state index in [1.165, 1.54) is 23.8 Å². The van der Waals surface area contributed by atoms with E-state index in [0.717, 1.165) is 59.1 Å². The average molecular weight is 882 g/mol. The van der Waals surface area contributed by atoms with Crippen molar-refractivity contribution in [3.63, 3.8) is 0 Å². The van der Waals surface area contributed by atoms with Crippen molar-refractivity contribution in [2.24, 2.45) is 0 Å². The minimum atomic E-state index is -1.29. The summed E-state index contributed by atoms with van der Waals surface area (Å²) in [7, 11) is 0. The Morgan fingerprint density at radius 3 is 1.33 bits per heavy atom. The molecule has 6 aromatic carbocycles. The van der Waals surface area contributed by atoms with Gasteiger partial charge in [-0.1, -0.05) is 227 Å². The molecule has 7 aromatic rings. The van der Waals surface area contributed by atoms with Gasteiger partial charge in [0.25, 0.3) is 0 Å². The van der Waals surface area contributed by atoms with Gasteiger partial charge in [0.1, 0.15) is 41.9 Å². The van der Waals surface area contributed by atoms with E-state index in [1.54, 1.807) is 12.3 Å². The number of hydrogen-bond donors (Lipinski definition) is 1. The van der Waals surface area contributed by atoms with Crippen molar-refractivity contribution in [2.45, 2.75) is 94.0 Å². The van der Waals surface area contributed by atoms with Crippen molar-refractivity contribution in [3.05, 3.63) is 238 Å². The van der Waals surface area contributed by atoms with E-state index < -0.39 is 41.4 Å². The molecule has 0 bridgehead atoms. The van der Waals surface area contributed by atoms with Crippen LogP contribution >= 0.6 is 0 Å². The van der Waals surface area contributed by atoms with Crippen molar-refractivity contribution in [1.29, 1.82) is 0 Å². The first-order valence-electron chi connectivity index (χ1n) is 23.3. The maximum atomic E-state index is 14.1. The second-order valence-corrected chi connectivity index (χ2v) is 16.9. The van der Waals surface area contributed by atoms with Crippen LogP contribution in [0.5, 0.6) is 0 Å². The second-order valence-electron chi connectivity index (χ2n) is 16.9. The van der Waals surface area contributed by atoms with Crippen LogP contribution in [0.4, 0.5) is 5.82 Å². The zero-order valence-corrected chi connectivity index (χ0v) is 37.6. The number of nitrogens with two attached hydrogens (primary N) is 1. The number of unbranched alkanes of at least 4 members (excludes halogenated alkanes) is 6. The molecular formula is C57H59N3O6. The Hall–Kier alpha value is -6.65. The van der Waals surface area contributed by atoms with Crippen LogP contribution < -0.4 is 11.4 Å². The van der Waals surface area contributed by atoms with E-state index in [0.29, 0.717) is 0 Å². The SMILES string of the molecule is CCCCCCCCCC(=O)OC[C@H]1O[C@@H](n2ccc(N)nc2=O)[C@H](OC(c2ccccc2)(c2ccccc2)c2ccccc2)[C@@H]1OC(c1ccccc1)(c1ccccc1)c1ccccc1. The molecule has 0 aliphatic carbocycles. The van der Waals surface area contributed by atoms with Crippen LogP contribution in [0.25, 0.3) is 0 Å². The van der Waals surface area contributed by atoms with Crippen LogP contribution in [-0.2, 0) is 34.9 Å². The standard InChI is InChI=1S/C57H59N3O6/c1-2-3-4-5-6-7-26-39-51(61)63-42-49-52(65-56(43-27-14-8-15-28-43,44-29-16-9-17-30-44)45-31-18-10-19-32-45)53(54(64-49)60-41-40-50(58)59-55(60)62)66-57(46-33-20-11-21-34-46,47-35-22-12-23-36-47)48-37-24-13-25-38-48/h8-25,27-38,40-41,49,52-54H,2-7,26,39,42H2,1H3,(H2,58,59,62)/t49-,52-,53-,54-/m1/s1. The molecule has 1 fully saturated rings. The number of aromatic nitrogens is 2. The Balaban J connectivity index is 1.32. The maximum Gasteiger partial charge on any atom is 0.351 e. The van der Waals surface area contributed by atoms with Crippen LogP contribution in [0.3, 0.4) is 0 Å². The van der Waals surface area contributed by atoms with E-state index >= 15 is 0 Å². The third-order valence-corrected chi connectivity index (χ3v) is 12.5. The normalized spacial score (nSPS) is 17.3. The summed E-state index contributed by atoms with van der Waals surface area (Å²) in [6, 6.07) is 61.9. The molecule has 1 aliphatic heterocycles. The van der Waals surface area contributed by atoms with Gasteiger partial charge in [-0.15, -0.1) is 0 Å². The van der Waals surface area contributed by atoms with Crippen molar-refractivity contribution >= 4 is 11.8 Å². The van der Waals surface area contributed by atoms with Crippen LogP contribution in [0, 0.1) is 0 Å². The largest absolute Gasteiger partial charge is 0.463 e. The molecule has 2 N–H and O–H groups in total. The second kappa shape index (κ2) is 22.0. The molecule has 4 atom stereocenters. The number of ether oxygens (including phenoxy) is 4. The molecule has 1 aliphatic rings. The van der Waals surface area contributed by atoms with Crippen LogP contribution in [0.15, 0.2) is 199 Å². The molecule has 8 rings (SSSR count). The summed E-state index contributed by atoms with van der Waals surface area (Å²) in [5, 5.41) is 0.